The Balaban J connectivity index is 2.85. The fraction of sp³-hybridized carbons (Fsp3) is 0.684. The lowest BCUT2D eigenvalue weighted by atomic mass is 10.1. The zero-order valence-electron chi connectivity index (χ0n) is 16.1. The van der Waals surface area contributed by atoms with Crippen LogP contribution in [0.2, 0.25) is 0 Å². The normalized spacial score (nSPS) is 11.2. The summed E-state index contributed by atoms with van der Waals surface area (Å²) in [7, 11) is 1.99. The number of amides is 2. The van der Waals surface area contributed by atoms with Crippen LogP contribution < -0.4 is 0 Å². The van der Waals surface area contributed by atoms with E-state index in [2.05, 4.69) is 27.7 Å². The molecule has 0 aliphatic rings. The topological polar surface area (TPSA) is 45.6 Å². The summed E-state index contributed by atoms with van der Waals surface area (Å²) in [6.07, 6.45) is 2.42. The van der Waals surface area contributed by atoms with Gasteiger partial charge in [-0.2, -0.15) is 0 Å². The number of carbonyl (C=O) groups excluding carboxylic acids is 2. The molecule has 0 saturated carbocycles. The molecule has 136 valence electrons. The Morgan fingerprint density at radius 2 is 1.62 bits per heavy atom. The molecule has 0 N–H and O–H groups in total. The van der Waals surface area contributed by atoms with Crippen molar-refractivity contribution < 1.29 is 9.59 Å². The number of carbonyl (C=O) groups is 2. The van der Waals surface area contributed by atoms with E-state index in [1.54, 1.807) is 4.90 Å². The molecule has 5 nitrogen and oxygen atoms in total. The number of hydrogen-bond donors (Lipinski definition) is 0. The highest BCUT2D eigenvalue weighted by molar-refractivity contribution is 5.84. The van der Waals surface area contributed by atoms with Crippen LogP contribution in [0.4, 0.5) is 0 Å². The van der Waals surface area contributed by atoms with Crippen LogP contribution in [-0.2, 0) is 23.2 Å². The average molecular weight is 335 g/mol. The van der Waals surface area contributed by atoms with Crippen LogP contribution in [-0.4, -0.2) is 45.8 Å². The number of hydrogen-bond acceptors (Lipinski definition) is 2. The van der Waals surface area contributed by atoms with Gasteiger partial charge in [-0.15, -0.1) is 0 Å². The van der Waals surface area contributed by atoms with Gasteiger partial charge in [-0.05, 0) is 24.0 Å². The number of aryl methyl sites for hydroxylation is 1. The molecule has 0 spiro atoms. The fourth-order valence-electron chi connectivity index (χ4n) is 2.73. The van der Waals surface area contributed by atoms with Crippen LogP contribution in [0.25, 0.3) is 0 Å². The smallest absolute Gasteiger partial charge is 0.242 e. The Morgan fingerprint density at radius 3 is 2.08 bits per heavy atom. The summed E-state index contributed by atoms with van der Waals surface area (Å²) < 4.78 is 2.03. The Hall–Kier alpha value is -1.78. The summed E-state index contributed by atoms with van der Waals surface area (Å²) in [5.41, 5.74) is 1.10. The second-order valence-corrected chi connectivity index (χ2v) is 7.30. The Labute approximate surface area is 146 Å². The SMILES string of the molecule is CCC(=O)N(CC(=O)N(Cc1cccn1C)CC(C)C)CC(C)C. The molecule has 0 aliphatic carbocycles. The van der Waals surface area contributed by atoms with Gasteiger partial charge in [0, 0.05) is 38.4 Å². The molecule has 0 radical (unpaired) electrons. The zero-order chi connectivity index (χ0) is 18.3. The van der Waals surface area contributed by atoms with Gasteiger partial charge in [-0.25, -0.2) is 0 Å². The molecule has 1 rings (SSSR count). The minimum absolute atomic E-state index is 0.0207. The van der Waals surface area contributed by atoms with E-state index in [-0.39, 0.29) is 18.4 Å². The van der Waals surface area contributed by atoms with Crippen LogP contribution in [0, 0.1) is 11.8 Å². The van der Waals surface area contributed by atoms with Crippen molar-refractivity contribution in [3.05, 3.63) is 24.0 Å². The van der Waals surface area contributed by atoms with Crippen molar-refractivity contribution in [3.63, 3.8) is 0 Å². The first-order valence-electron chi connectivity index (χ1n) is 8.90. The Morgan fingerprint density at radius 1 is 1.04 bits per heavy atom. The zero-order valence-corrected chi connectivity index (χ0v) is 16.1. The molecule has 0 saturated heterocycles. The van der Waals surface area contributed by atoms with E-state index < -0.39 is 0 Å². The maximum Gasteiger partial charge on any atom is 0.242 e. The average Bonchev–Trinajstić information content (AvgIpc) is 2.89. The molecule has 0 aromatic carbocycles. The lowest BCUT2D eigenvalue weighted by Crippen LogP contribution is -2.45. The van der Waals surface area contributed by atoms with E-state index in [1.165, 1.54) is 0 Å². The summed E-state index contributed by atoms with van der Waals surface area (Å²) >= 11 is 0. The van der Waals surface area contributed by atoms with Crippen LogP contribution in [0.5, 0.6) is 0 Å². The lowest BCUT2D eigenvalue weighted by Gasteiger charge is -2.29. The van der Waals surface area contributed by atoms with E-state index in [1.807, 2.05) is 41.8 Å². The quantitative estimate of drug-likeness (QED) is 0.696. The van der Waals surface area contributed by atoms with Crippen LogP contribution in [0.3, 0.4) is 0 Å². The molecule has 0 unspecified atom stereocenters. The Kier molecular flexibility index (Phi) is 8.02. The van der Waals surface area contributed by atoms with Crippen molar-refractivity contribution in [1.29, 1.82) is 0 Å². The van der Waals surface area contributed by atoms with Crippen molar-refractivity contribution in [3.8, 4) is 0 Å². The first kappa shape index (κ1) is 20.3. The molecular formula is C19H33N3O2. The van der Waals surface area contributed by atoms with Crippen molar-refractivity contribution in [2.24, 2.45) is 18.9 Å². The minimum Gasteiger partial charge on any atom is -0.353 e. The van der Waals surface area contributed by atoms with Crippen molar-refractivity contribution >= 4 is 11.8 Å². The van der Waals surface area contributed by atoms with Gasteiger partial charge >= 0.3 is 0 Å². The molecule has 5 heteroatoms. The maximum absolute atomic E-state index is 12.9. The van der Waals surface area contributed by atoms with Crippen LogP contribution >= 0.6 is 0 Å². The Bertz CT molecular complexity index is 534. The first-order chi connectivity index (χ1) is 11.2. The molecule has 1 aromatic heterocycles. The van der Waals surface area contributed by atoms with Gasteiger partial charge < -0.3 is 14.4 Å². The van der Waals surface area contributed by atoms with Crippen molar-refractivity contribution in [2.75, 3.05) is 19.6 Å². The van der Waals surface area contributed by atoms with Gasteiger partial charge in [-0.1, -0.05) is 34.6 Å². The van der Waals surface area contributed by atoms with Gasteiger partial charge in [-0.3, -0.25) is 9.59 Å². The van der Waals surface area contributed by atoms with E-state index in [0.717, 1.165) is 5.69 Å². The molecule has 2 amide bonds. The van der Waals surface area contributed by atoms with E-state index in [9.17, 15) is 9.59 Å². The highest BCUT2D eigenvalue weighted by atomic mass is 16.2. The number of rotatable bonds is 9. The molecular weight excluding hydrogens is 302 g/mol. The summed E-state index contributed by atoms with van der Waals surface area (Å²) in [6.45, 7) is 12.3. The molecule has 1 aromatic rings. The minimum atomic E-state index is 0.0207. The van der Waals surface area contributed by atoms with Gasteiger partial charge in [0.1, 0.15) is 0 Å². The molecule has 1 heterocycles. The van der Waals surface area contributed by atoms with E-state index >= 15 is 0 Å². The summed E-state index contributed by atoms with van der Waals surface area (Å²) in [4.78, 5) is 28.6. The predicted octanol–water partition coefficient (Wildman–Crippen LogP) is 2.90. The summed E-state index contributed by atoms with van der Waals surface area (Å²) in [5.74, 6) is 0.794. The third-order valence-electron chi connectivity index (χ3n) is 3.91. The number of nitrogens with zero attached hydrogens (tertiary/aromatic N) is 3. The molecule has 0 bridgehead atoms. The highest BCUT2D eigenvalue weighted by Gasteiger charge is 2.22. The van der Waals surface area contributed by atoms with E-state index in [4.69, 9.17) is 0 Å². The molecule has 24 heavy (non-hydrogen) atoms. The van der Waals surface area contributed by atoms with Gasteiger partial charge in [0.2, 0.25) is 11.8 Å². The summed E-state index contributed by atoms with van der Waals surface area (Å²) in [6, 6.07) is 4.02. The molecule has 0 atom stereocenters. The first-order valence-corrected chi connectivity index (χ1v) is 8.90. The van der Waals surface area contributed by atoms with Crippen LogP contribution in [0.1, 0.15) is 46.7 Å². The third-order valence-corrected chi connectivity index (χ3v) is 3.91. The second-order valence-electron chi connectivity index (χ2n) is 7.30. The van der Waals surface area contributed by atoms with E-state index in [0.29, 0.717) is 37.9 Å². The maximum atomic E-state index is 12.9. The van der Waals surface area contributed by atoms with Gasteiger partial charge in [0.25, 0.3) is 0 Å². The second kappa shape index (κ2) is 9.50. The molecule has 0 fully saturated rings. The van der Waals surface area contributed by atoms with Crippen molar-refractivity contribution in [2.45, 2.75) is 47.6 Å². The predicted molar refractivity (Wildman–Crippen MR) is 97.4 cm³/mol. The monoisotopic (exact) mass is 335 g/mol. The van der Waals surface area contributed by atoms with Crippen LogP contribution in [0.15, 0.2) is 18.3 Å². The van der Waals surface area contributed by atoms with Gasteiger partial charge in [0.05, 0.1) is 13.1 Å². The lowest BCUT2D eigenvalue weighted by molar-refractivity contribution is -0.141. The van der Waals surface area contributed by atoms with Gasteiger partial charge in [0.15, 0.2) is 0 Å². The third kappa shape index (κ3) is 6.38. The highest BCUT2D eigenvalue weighted by Crippen LogP contribution is 2.10. The largest absolute Gasteiger partial charge is 0.353 e. The fourth-order valence-corrected chi connectivity index (χ4v) is 2.73. The summed E-state index contributed by atoms with van der Waals surface area (Å²) in [5, 5.41) is 0. The van der Waals surface area contributed by atoms with Crippen molar-refractivity contribution in [1.82, 2.24) is 14.4 Å². The number of aromatic nitrogens is 1. The molecule has 0 aliphatic heterocycles. The standard InChI is InChI=1S/C19H33N3O2/c1-7-18(23)22(12-16(4)5)14-19(24)21(11-15(2)3)13-17-9-8-10-20(17)6/h8-10,15-16H,7,11-14H2,1-6H3.